The highest BCUT2D eigenvalue weighted by Gasteiger charge is 2.12. The quantitative estimate of drug-likeness (QED) is 0.701. The molecule has 0 bridgehead atoms. The number of aliphatic hydroxyl groups is 1. The molecule has 4 nitrogen and oxygen atoms in total. The van der Waals surface area contributed by atoms with Crippen LogP contribution in [0.5, 0.6) is 0 Å². The number of hydrogen-bond donors (Lipinski definition) is 3. The lowest BCUT2D eigenvalue weighted by Crippen LogP contribution is -2.10. The van der Waals surface area contributed by atoms with Gasteiger partial charge in [0.2, 0.25) is 5.56 Å². The van der Waals surface area contributed by atoms with Crippen LogP contribution >= 0.6 is 0 Å². The highest BCUT2D eigenvalue weighted by Crippen LogP contribution is 2.24. The van der Waals surface area contributed by atoms with Gasteiger partial charge in [-0.25, -0.2) is 0 Å². The SMILES string of the molecule is C=C(N)C(O)c1cccc2[nH]c(=O)ccc12. The normalized spacial score (nSPS) is 12.6. The van der Waals surface area contributed by atoms with Crippen molar-refractivity contribution in [3.8, 4) is 0 Å². The monoisotopic (exact) mass is 216 g/mol. The fourth-order valence-corrected chi connectivity index (χ4v) is 1.65. The number of aliphatic hydroxyl groups excluding tert-OH is 1. The van der Waals surface area contributed by atoms with Crippen LogP contribution in [0, 0.1) is 0 Å². The van der Waals surface area contributed by atoms with E-state index in [1.54, 1.807) is 24.3 Å². The molecule has 0 saturated carbocycles. The van der Waals surface area contributed by atoms with E-state index in [1.165, 1.54) is 6.07 Å². The first-order valence-corrected chi connectivity index (χ1v) is 4.84. The molecule has 1 heterocycles. The molecule has 2 rings (SSSR count). The lowest BCUT2D eigenvalue weighted by atomic mass is 10.0. The maximum absolute atomic E-state index is 11.1. The van der Waals surface area contributed by atoms with Crippen molar-refractivity contribution in [3.63, 3.8) is 0 Å². The minimum atomic E-state index is -0.922. The number of hydrogen-bond acceptors (Lipinski definition) is 3. The standard InChI is InChI=1S/C12H12N2O2/c1-7(13)12(16)9-3-2-4-10-8(9)5-6-11(15)14-10/h2-6,12,16H,1,13H2,(H,14,15). The highest BCUT2D eigenvalue weighted by atomic mass is 16.3. The van der Waals surface area contributed by atoms with E-state index < -0.39 is 6.10 Å². The van der Waals surface area contributed by atoms with E-state index in [0.29, 0.717) is 11.1 Å². The molecule has 0 saturated heterocycles. The van der Waals surface area contributed by atoms with Crippen LogP contribution in [0.1, 0.15) is 11.7 Å². The second kappa shape index (κ2) is 3.83. The largest absolute Gasteiger partial charge is 0.400 e. The third-order valence-corrected chi connectivity index (χ3v) is 2.44. The van der Waals surface area contributed by atoms with Crippen LogP contribution < -0.4 is 11.3 Å². The molecule has 0 aliphatic heterocycles. The van der Waals surface area contributed by atoms with E-state index in [1.807, 2.05) is 0 Å². The molecule has 1 atom stereocenters. The summed E-state index contributed by atoms with van der Waals surface area (Å²) in [6, 6.07) is 8.35. The summed E-state index contributed by atoms with van der Waals surface area (Å²) >= 11 is 0. The summed E-state index contributed by atoms with van der Waals surface area (Å²) in [5, 5.41) is 10.6. The first-order valence-electron chi connectivity index (χ1n) is 4.84. The zero-order chi connectivity index (χ0) is 11.7. The van der Waals surface area contributed by atoms with E-state index in [0.717, 1.165) is 5.39 Å². The first-order chi connectivity index (χ1) is 7.59. The van der Waals surface area contributed by atoms with E-state index in [2.05, 4.69) is 11.6 Å². The van der Waals surface area contributed by atoms with Gasteiger partial charge in [-0.2, -0.15) is 0 Å². The first kappa shape index (κ1) is 10.4. The molecule has 2 aromatic rings. The Morgan fingerprint density at radius 3 is 2.81 bits per heavy atom. The fourth-order valence-electron chi connectivity index (χ4n) is 1.65. The Labute approximate surface area is 92.0 Å². The van der Waals surface area contributed by atoms with Crippen molar-refractivity contribution in [1.29, 1.82) is 0 Å². The second-order valence-corrected chi connectivity index (χ2v) is 3.61. The molecule has 4 heteroatoms. The molecule has 0 aliphatic rings. The lowest BCUT2D eigenvalue weighted by molar-refractivity contribution is 0.216. The summed E-state index contributed by atoms with van der Waals surface area (Å²) in [7, 11) is 0. The number of benzene rings is 1. The Morgan fingerprint density at radius 2 is 2.12 bits per heavy atom. The summed E-state index contributed by atoms with van der Waals surface area (Å²) in [6.45, 7) is 3.51. The number of aromatic amines is 1. The molecule has 0 spiro atoms. The number of fused-ring (bicyclic) bond motifs is 1. The van der Waals surface area contributed by atoms with E-state index >= 15 is 0 Å². The highest BCUT2D eigenvalue weighted by molar-refractivity contribution is 5.82. The van der Waals surface area contributed by atoms with Gasteiger partial charge in [0.15, 0.2) is 0 Å². The van der Waals surface area contributed by atoms with Gasteiger partial charge >= 0.3 is 0 Å². The molecule has 0 aliphatic carbocycles. The van der Waals surface area contributed by atoms with Crippen molar-refractivity contribution >= 4 is 10.9 Å². The number of aromatic nitrogens is 1. The van der Waals surface area contributed by atoms with Gasteiger partial charge in [0.25, 0.3) is 0 Å². The molecular formula is C12H12N2O2. The minimum absolute atomic E-state index is 0.175. The number of pyridine rings is 1. The molecule has 0 radical (unpaired) electrons. The summed E-state index contributed by atoms with van der Waals surface area (Å²) in [4.78, 5) is 13.8. The number of nitrogens with two attached hydrogens (primary N) is 1. The summed E-state index contributed by atoms with van der Waals surface area (Å²) in [6.07, 6.45) is -0.922. The molecular weight excluding hydrogens is 204 g/mol. The average Bonchev–Trinajstić information content (AvgIpc) is 2.26. The van der Waals surface area contributed by atoms with Gasteiger partial charge in [-0.15, -0.1) is 0 Å². The van der Waals surface area contributed by atoms with Crippen LogP contribution in [0.15, 0.2) is 47.4 Å². The molecule has 1 aromatic heterocycles. The van der Waals surface area contributed by atoms with E-state index in [4.69, 9.17) is 5.73 Å². The lowest BCUT2D eigenvalue weighted by Gasteiger charge is -2.12. The van der Waals surface area contributed by atoms with Crippen LogP contribution in [0.3, 0.4) is 0 Å². The Hall–Kier alpha value is -2.07. The van der Waals surface area contributed by atoms with Crippen molar-refractivity contribution < 1.29 is 5.11 Å². The van der Waals surface area contributed by atoms with Gasteiger partial charge in [0, 0.05) is 22.7 Å². The molecule has 1 unspecified atom stereocenters. The third-order valence-electron chi connectivity index (χ3n) is 2.44. The third kappa shape index (κ3) is 1.70. The van der Waals surface area contributed by atoms with Crippen LogP contribution in [-0.4, -0.2) is 10.1 Å². The smallest absolute Gasteiger partial charge is 0.248 e. The number of nitrogens with one attached hydrogen (secondary N) is 1. The predicted molar refractivity (Wildman–Crippen MR) is 62.9 cm³/mol. The van der Waals surface area contributed by atoms with Crippen LogP contribution in [0.25, 0.3) is 10.9 Å². The predicted octanol–water partition coefficient (Wildman–Crippen LogP) is 1.03. The van der Waals surface area contributed by atoms with Crippen LogP contribution in [0.2, 0.25) is 0 Å². The maximum Gasteiger partial charge on any atom is 0.248 e. The molecule has 1 aromatic carbocycles. The van der Waals surface area contributed by atoms with Gasteiger partial charge in [-0.05, 0) is 17.7 Å². The van der Waals surface area contributed by atoms with Crippen molar-refractivity contribution in [1.82, 2.24) is 4.98 Å². The maximum atomic E-state index is 11.1. The van der Waals surface area contributed by atoms with Crippen molar-refractivity contribution in [3.05, 3.63) is 58.5 Å². The summed E-state index contributed by atoms with van der Waals surface area (Å²) < 4.78 is 0. The van der Waals surface area contributed by atoms with Crippen LogP contribution in [0.4, 0.5) is 0 Å². The van der Waals surface area contributed by atoms with Crippen molar-refractivity contribution in [2.24, 2.45) is 5.73 Å². The molecule has 4 N–H and O–H groups in total. The zero-order valence-electron chi connectivity index (χ0n) is 8.60. The Balaban J connectivity index is 2.71. The number of H-pyrrole nitrogens is 1. The number of rotatable bonds is 2. The average molecular weight is 216 g/mol. The molecule has 82 valence electrons. The van der Waals surface area contributed by atoms with Crippen molar-refractivity contribution in [2.75, 3.05) is 0 Å². The van der Waals surface area contributed by atoms with Gasteiger partial charge in [-0.1, -0.05) is 18.7 Å². The van der Waals surface area contributed by atoms with Gasteiger partial charge < -0.3 is 15.8 Å². The molecule has 0 amide bonds. The van der Waals surface area contributed by atoms with Gasteiger partial charge in [-0.3, -0.25) is 4.79 Å². The Kier molecular flexibility index (Phi) is 2.50. The topological polar surface area (TPSA) is 79.1 Å². The zero-order valence-corrected chi connectivity index (χ0v) is 8.60. The second-order valence-electron chi connectivity index (χ2n) is 3.61. The summed E-state index contributed by atoms with van der Waals surface area (Å²) in [5.41, 5.74) is 6.79. The molecule has 16 heavy (non-hydrogen) atoms. The van der Waals surface area contributed by atoms with Gasteiger partial charge in [0.1, 0.15) is 6.10 Å². The Morgan fingerprint density at radius 1 is 1.38 bits per heavy atom. The Bertz CT molecular complexity index is 601. The van der Waals surface area contributed by atoms with Crippen LogP contribution in [-0.2, 0) is 0 Å². The van der Waals surface area contributed by atoms with E-state index in [9.17, 15) is 9.90 Å². The minimum Gasteiger partial charge on any atom is -0.400 e. The van der Waals surface area contributed by atoms with Gasteiger partial charge in [0.05, 0.1) is 0 Å². The molecule has 0 fully saturated rings. The summed E-state index contributed by atoms with van der Waals surface area (Å²) in [5.74, 6) is 0. The van der Waals surface area contributed by atoms with Crippen molar-refractivity contribution in [2.45, 2.75) is 6.10 Å². The van der Waals surface area contributed by atoms with E-state index in [-0.39, 0.29) is 11.3 Å². The fraction of sp³-hybridized carbons (Fsp3) is 0.0833.